The number of likely N-dealkylation sites (N-methyl/N-ethyl adjacent to an activating group) is 1. The molecule has 0 bridgehead atoms. The van der Waals surface area contributed by atoms with Crippen LogP contribution in [-0.2, 0) is 4.79 Å². The van der Waals surface area contributed by atoms with Gasteiger partial charge in [0.15, 0.2) is 0 Å². The fourth-order valence-electron chi connectivity index (χ4n) is 1.22. The molecule has 0 aliphatic carbocycles. The van der Waals surface area contributed by atoms with Crippen LogP contribution < -0.4 is 11.1 Å². The first-order valence-electron chi connectivity index (χ1n) is 5.18. The van der Waals surface area contributed by atoms with Gasteiger partial charge in [-0.15, -0.1) is 0 Å². The van der Waals surface area contributed by atoms with E-state index < -0.39 is 0 Å². The van der Waals surface area contributed by atoms with Gasteiger partial charge in [0.2, 0.25) is 5.91 Å². The molecule has 3 N–H and O–H groups in total. The maximum Gasteiger partial charge on any atom is 0.234 e. The second-order valence-electron chi connectivity index (χ2n) is 4.03. The van der Waals surface area contributed by atoms with E-state index in [1.807, 2.05) is 25.8 Å². The minimum absolute atomic E-state index is 0.0582. The van der Waals surface area contributed by atoms with Crippen LogP contribution in [0.4, 0.5) is 0 Å². The van der Waals surface area contributed by atoms with Crippen LogP contribution in [0.5, 0.6) is 0 Å². The predicted octanol–water partition coefficient (Wildman–Crippen LogP) is 0.509. The first kappa shape index (κ1) is 14.3. The van der Waals surface area contributed by atoms with Gasteiger partial charge in [0.1, 0.15) is 0 Å². The number of hydrogen-bond acceptors (Lipinski definition) is 3. The summed E-state index contributed by atoms with van der Waals surface area (Å²) in [6, 6.07) is 0.197. The maximum absolute atomic E-state index is 11.4. The molecular formula is C10H21N3OS. The number of carbonyl (C=O) groups excluding carboxylic acids is 1. The summed E-state index contributed by atoms with van der Waals surface area (Å²) in [6.07, 6.45) is 1.65. The van der Waals surface area contributed by atoms with E-state index >= 15 is 0 Å². The van der Waals surface area contributed by atoms with E-state index in [9.17, 15) is 4.79 Å². The molecule has 0 saturated heterocycles. The molecule has 1 amide bonds. The molecule has 0 rings (SSSR count). The zero-order valence-corrected chi connectivity index (χ0v) is 10.6. The SMILES string of the molecule is CC(C)NC(=O)CN(C)CCCC(N)=S. The predicted molar refractivity (Wildman–Crippen MR) is 66.8 cm³/mol. The summed E-state index contributed by atoms with van der Waals surface area (Å²) in [5.41, 5.74) is 5.38. The largest absolute Gasteiger partial charge is 0.393 e. The summed E-state index contributed by atoms with van der Waals surface area (Å²) in [5, 5.41) is 2.84. The quantitative estimate of drug-likeness (QED) is 0.627. The minimum Gasteiger partial charge on any atom is -0.393 e. The molecule has 0 saturated carbocycles. The summed E-state index contributed by atoms with van der Waals surface area (Å²) in [5.74, 6) is 0.0582. The lowest BCUT2D eigenvalue weighted by molar-refractivity contribution is -0.122. The fraction of sp³-hybridized carbons (Fsp3) is 0.800. The molecule has 0 spiro atoms. The normalized spacial score (nSPS) is 10.7. The van der Waals surface area contributed by atoms with Gasteiger partial charge >= 0.3 is 0 Å². The Morgan fingerprint density at radius 1 is 1.53 bits per heavy atom. The van der Waals surface area contributed by atoms with Crippen LogP contribution >= 0.6 is 12.2 Å². The van der Waals surface area contributed by atoms with Crippen molar-refractivity contribution >= 4 is 23.1 Å². The third-order valence-corrected chi connectivity index (χ3v) is 2.03. The first-order chi connectivity index (χ1) is 6.91. The van der Waals surface area contributed by atoms with Crippen LogP contribution in [0.15, 0.2) is 0 Å². The Balaban J connectivity index is 3.59. The van der Waals surface area contributed by atoms with Gasteiger partial charge in [0.25, 0.3) is 0 Å². The number of nitrogens with one attached hydrogen (secondary N) is 1. The number of nitrogens with zero attached hydrogens (tertiary/aromatic N) is 1. The molecular weight excluding hydrogens is 210 g/mol. The lowest BCUT2D eigenvalue weighted by atomic mass is 10.3. The van der Waals surface area contributed by atoms with E-state index in [2.05, 4.69) is 5.32 Å². The molecule has 4 nitrogen and oxygen atoms in total. The minimum atomic E-state index is 0.0582. The molecule has 15 heavy (non-hydrogen) atoms. The molecule has 0 aromatic heterocycles. The molecule has 0 unspecified atom stereocenters. The topological polar surface area (TPSA) is 58.4 Å². The molecule has 0 radical (unpaired) electrons. The standard InChI is InChI=1S/C10H21N3OS/c1-8(2)12-10(14)7-13(3)6-4-5-9(11)15/h8H,4-7H2,1-3H3,(H2,11,15)(H,12,14). The van der Waals surface area contributed by atoms with Crippen molar-refractivity contribution in [1.29, 1.82) is 0 Å². The van der Waals surface area contributed by atoms with Crippen molar-refractivity contribution in [3.05, 3.63) is 0 Å². The first-order valence-corrected chi connectivity index (χ1v) is 5.59. The van der Waals surface area contributed by atoms with E-state index in [0.29, 0.717) is 11.5 Å². The van der Waals surface area contributed by atoms with E-state index in [0.717, 1.165) is 19.4 Å². The smallest absolute Gasteiger partial charge is 0.234 e. The van der Waals surface area contributed by atoms with E-state index in [4.69, 9.17) is 18.0 Å². The number of hydrogen-bond donors (Lipinski definition) is 2. The Kier molecular flexibility index (Phi) is 7.25. The highest BCUT2D eigenvalue weighted by Gasteiger charge is 2.06. The summed E-state index contributed by atoms with van der Waals surface area (Å²) in [4.78, 5) is 13.9. The number of rotatable bonds is 7. The van der Waals surface area contributed by atoms with Crippen LogP contribution in [0.1, 0.15) is 26.7 Å². The van der Waals surface area contributed by atoms with Crippen molar-refractivity contribution in [2.24, 2.45) is 5.73 Å². The van der Waals surface area contributed by atoms with Crippen LogP contribution in [-0.4, -0.2) is 42.0 Å². The van der Waals surface area contributed by atoms with Crippen LogP contribution in [0.2, 0.25) is 0 Å². The van der Waals surface area contributed by atoms with Gasteiger partial charge in [-0.1, -0.05) is 12.2 Å². The summed E-state index contributed by atoms with van der Waals surface area (Å²) < 4.78 is 0. The van der Waals surface area contributed by atoms with Crippen LogP contribution in [0, 0.1) is 0 Å². The lowest BCUT2D eigenvalue weighted by Crippen LogP contribution is -2.38. The monoisotopic (exact) mass is 231 g/mol. The second-order valence-corrected chi connectivity index (χ2v) is 4.55. The van der Waals surface area contributed by atoms with Gasteiger partial charge in [-0.2, -0.15) is 0 Å². The van der Waals surface area contributed by atoms with Crippen molar-refractivity contribution in [2.75, 3.05) is 20.1 Å². The Hall–Kier alpha value is -0.680. The number of amides is 1. The van der Waals surface area contributed by atoms with E-state index in [1.54, 1.807) is 0 Å². The fourth-order valence-corrected chi connectivity index (χ4v) is 1.36. The number of thiocarbonyl (C=S) groups is 1. The molecule has 0 heterocycles. The molecule has 0 aromatic carbocycles. The molecule has 0 aliphatic rings. The van der Waals surface area contributed by atoms with Gasteiger partial charge in [-0.3, -0.25) is 9.69 Å². The zero-order valence-electron chi connectivity index (χ0n) is 9.75. The molecule has 0 aromatic rings. The van der Waals surface area contributed by atoms with Gasteiger partial charge in [-0.05, 0) is 40.3 Å². The molecule has 0 aliphatic heterocycles. The van der Waals surface area contributed by atoms with E-state index in [-0.39, 0.29) is 11.9 Å². The van der Waals surface area contributed by atoms with E-state index in [1.165, 1.54) is 0 Å². The molecule has 0 atom stereocenters. The summed E-state index contributed by atoms with van der Waals surface area (Å²) in [6.45, 7) is 5.16. The van der Waals surface area contributed by atoms with Crippen molar-refractivity contribution < 1.29 is 4.79 Å². The Morgan fingerprint density at radius 3 is 2.60 bits per heavy atom. The van der Waals surface area contributed by atoms with Gasteiger partial charge < -0.3 is 11.1 Å². The average Bonchev–Trinajstić information content (AvgIpc) is 2.00. The summed E-state index contributed by atoms with van der Waals surface area (Å²) >= 11 is 4.77. The van der Waals surface area contributed by atoms with Crippen molar-refractivity contribution in [3.8, 4) is 0 Å². The molecule has 0 fully saturated rings. The third-order valence-electron chi connectivity index (χ3n) is 1.83. The van der Waals surface area contributed by atoms with Gasteiger partial charge in [0.05, 0.1) is 11.5 Å². The molecule has 88 valence electrons. The lowest BCUT2D eigenvalue weighted by Gasteiger charge is -2.17. The average molecular weight is 231 g/mol. The highest BCUT2D eigenvalue weighted by atomic mass is 32.1. The highest BCUT2D eigenvalue weighted by Crippen LogP contribution is 1.93. The van der Waals surface area contributed by atoms with Crippen molar-refractivity contribution in [1.82, 2.24) is 10.2 Å². The van der Waals surface area contributed by atoms with Crippen molar-refractivity contribution in [2.45, 2.75) is 32.7 Å². The van der Waals surface area contributed by atoms with Gasteiger partial charge in [0, 0.05) is 6.04 Å². The van der Waals surface area contributed by atoms with Gasteiger partial charge in [-0.25, -0.2) is 0 Å². The molecule has 5 heteroatoms. The Morgan fingerprint density at radius 2 is 2.13 bits per heavy atom. The number of nitrogens with two attached hydrogens (primary N) is 1. The number of carbonyl (C=O) groups is 1. The van der Waals surface area contributed by atoms with Crippen LogP contribution in [0.3, 0.4) is 0 Å². The third kappa shape index (κ3) is 9.62. The zero-order chi connectivity index (χ0) is 11.8. The van der Waals surface area contributed by atoms with Crippen LogP contribution in [0.25, 0.3) is 0 Å². The Bertz CT molecular complexity index is 219. The summed E-state index contributed by atoms with van der Waals surface area (Å²) in [7, 11) is 1.92. The maximum atomic E-state index is 11.4. The Labute approximate surface area is 97.2 Å². The highest BCUT2D eigenvalue weighted by molar-refractivity contribution is 7.80. The van der Waals surface area contributed by atoms with Crippen molar-refractivity contribution in [3.63, 3.8) is 0 Å². The second kappa shape index (κ2) is 7.59.